The Morgan fingerprint density at radius 3 is 2.65 bits per heavy atom. The van der Waals surface area contributed by atoms with Gasteiger partial charge in [-0.1, -0.05) is 0 Å². The van der Waals surface area contributed by atoms with Crippen molar-refractivity contribution < 1.29 is 22.3 Å². The summed E-state index contributed by atoms with van der Waals surface area (Å²) in [7, 11) is -2.51. The first kappa shape index (κ1) is 14.0. The Morgan fingerprint density at radius 1 is 1.59 bits per heavy atom. The van der Waals surface area contributed by atoms with Crippen molar-refractivity contribution in [2.45, 2.75) is 11.3 Å². The summed E-state index contributed by atoms with van der Waals surface area (Å²) in [5.74, 6) is 0. The number of rotatable bonds is 6. The lowest BCUT2D eigenvalue weighted by Gasteiger charge is -2.19. The van der Waals surface area contributed by atoms with Crippen molar-refractivity contribution >= 4 is 10.0 Å². The minimum absolute atomic E-state index is 0.172. The number of aliphatic hydroxyl groups excluding tert-OH is 1. The third-order valence-corrected chi connectivity index (χ3v) is 3.83. The summed E-state index contributed by atoms with van der Waals surface area (Å²) in [6, 6.07) is 0. The third kappa shape index (κ3) is 3.45. The van der Waals surface area contributed by atoms with Gasteiger partial charge in [-0.3, -0.25) is 4.68 Å². The maximum atomic E-state index is 12.3. The van der Waals surface area contributed by atoms with E-state index in [4.69, 9.17) is 5.11 Å². The van der Waals surface area contributed by atoms with Crippen LogP contribution < -0.4 is 0 Å². The van der Waals surface area contributed by atoms with E-state index in [1.54, 1.807) is 0 Å². The molecule has 0 aliphatic rings. The van der Waals surface area contributed by atoms with Gasteiger partial charge in [-0.05, 0) is 0 Å². The summed E-state index contributed by atoms with van der Waals surface area (Å²) in [5, 5.41) is 12.4. The van der Waals surface area contributed by atoms with Gasteiger partial charge in [0, 0.05) is 19.8 Å². The predicted octanol–water partition coefficient (Wildman–Crippen LogP) is -0.332. The van der Waals surface area contributed by atoms with Gasteiger partial charge in [0.1, 0.15) is 4.90 Å². The molecular weight excluding hydrogens is 256 g/mol. The number of hydrogen-bond donors (Lipinski definition) is 1. The molecule has 0 atom stereocenters. The predicted molar refractivity (Wildman–Crippen MR) is 55.1 cm³/mol. The molecule has 17 heavy (non-hydrogen) atoms. The van der Waals surface area contributed by atoms with Crippen LogP contribution in [0.15, 0.2) is 17.3 Å². The van der Waals surface area contributed by atoms with Crippen molar-refractivity contribution in [2.75, 3.05) is 19.7 Å². The maximum Gasteiger partial charge on any atom is 0.252 e. The van der Waals surface area contributed by atoms with E-state index in [0.717, 1.165) is 6.20 Å². The minimum Gasteiger partial charge on any atom is -0.395 e. The smallest absolute Gasteiger partial charge is 0.252 e. The van der Waals surface area contributed by atoms with Gasteiger partial charge in [-0.25, -0.2) is 17.2 Å². The molecule has 0 amide bonds. The van der Waals surface area contributed by atoms with Crippen molar-refractivity contribution in [3.8, 4) is 0 Å². The monoisotopic (exact) mass is 269 g/mol. The Bertz CT molecular complexity index is 460. The quantitative estimate of drug-likeness (QED) is 0.767. The Balaban J connectivity index is 2.99. The number of aromatic nitrogens is 2. The summed E-state index contributed by atoms with van der Waals surface area (Å²) >= 11 is 0. The molecular formula is C8H13F2N3O3S. The first-order valence-electron chi connectivity index (χ1n) is 4.75. The van der Waals surface area contributed by atoms with Crippen LogP contribution in [0.1, 0.15) is 0 Å². The van der Waals surface area contributed by atoms with Crippen LogP contribution in [0.4, 0.5) is 8.78 Å². The van der Waals surface area contributed by atoms with E-state index < -0.39 is 29.6 Å². The zero-order valence-corrected chi connectivity index (χ0v) is 9.94. The molecule has 0 unspecified atom stereocenters. The molecule has 1 heterocycles. The summed E-state index contributed by atoms with van der Waals surface area (Å²) in [6.07, 6.45) is -0.510. The number of alkyl halides is 2. The van der Waals surface area contributed by atoms with Gasteiger partial charge in [0.05, 0.1) is 19.3 Å². The number of aliphatic hydroxyl groups is 1. The molecule has 0 aliphatic carbocycles. The Hall–Kier alpha value is -1.06. The molecule has 0 saturated heterocycles. The van der Waals surface area contributed by atoms with Crippen LogP contribution in [-0.4, -0.2) is 53.7 Å². The third-order valence-electron chi connectivity index (χ3n) is 2.01. The van der Waals surface area contributed by atoms with Crippen molar-refractivity contribution in [1.29, 1.82) is 0 Å². The van der Waals surface area contributed by atoms with Crippen molar-refractivity contribution in [3.63, 3.8) is 0 Å². The summed E-state index contributed by atoms with van der Waals surface area (Å²) in [4.78, 5) is -0.172. The molecule has 0 aliphatic heterocycles. The molecule has 0 aromatic carbocycles. The van der Waals surface area contributed by atoms with Crippen LogP contribution in [0, 0.1) is 0 Å². The largest absolute Gasteiger partial charge is 0.395 e. The van der Waals surface area contributed by atoms with E-state index in [1.165, 1.54) is 17.9 Å². The lowest BCUT2D eigenvalue weighted by Crippen LogP contribution is -2.37. The number of nitrogens with zero attached hydrogens (tertiary/aromatic N) is 3. The Kier molecular flexibility index (Phi) is 4.54. The molecule has 6 nitrogen and oxygen atoms in total. The van der Waals surface area contributed by atoms with E-state index in [9.17, 15) is 17.2 Å². The average molecular weight is 269 g/mol. The molecule has 1 aromatic rings. The van der Waals surface area contributed by atoms with E-state index in [2.05, 4.69) is 5.10 Å². The topological polar surface area (TPSA) is 75.4 Å². The first-order chi connectivity index (χ1) is 7.87. The maximum absolute atomic E-state index is 12.3. The Morgan fingerprint density at radius 2 is 2.24 bits per heavy atom. The van der Waals surface area contributed by atoms with E-state index in [0.29, 0.717) is 4.31 Å². The van der Waals surface area contributed by atoms with Gasteiger partial charge in [0.15, 0.2) is 0 Å². The molecule has 0 radical (unpaired) electrons. The second-order valence-corrected chi connectivity index (χ2v) is 5.27. The fourth-order valence-electron chi connectivity index (χ4n) is 1.26. The molecule has 0 spiro atoms. The fraction of sp³-hybridized carbons (Fsp3) is 0.625. The molecule has 0 bridgehead atoms. The SMILES string of the molecule is Cn1cc(S(=O)(=O)N(CCO)CC(F)F)cn1. The zero-order valence-electron chi connectivity index (χ0n) is 9.12. The highest BCUT2D eigenvalue weighted by Gasteiger charge is 2.27. The van der Waals surface area contributed by atoms with Gasteiger partial charge in [0.25, 0.3) is 6.43 Å². The highest BCUT2D eigenvalue weighted by Crippen LogP contribution is 2.15. The van der Waals surface area contributed by atoms with E-state index in [1.807, 2.05) is 0 Å². The zero-order chi connectivity index (χ0) is 13.1. The molecule has 0 saturated carbocycles. The second-order valence-electron chi connectivity index (χ2n) is 3.33. The number of halogens is 2. The van der Waals surface area contributed by atoms with Crippen LogP contribution in [-0.2, 0) is 17.1 Å². The lowest BCUT2D eigenvalue weighted by molar-refractivity contribution is 0.113. The second kappa shape index (κ2) is 5.52. The van der Waals surface area contributed by atoms with Crippen molar-refractivity contribution in [2.24, 2.45) is 7.05 Å². The first-order valence-corrected chi connectivity index (χ1v) is 6.19. The summed E-state index contributed by atoms with van der Waals surface area (Å²) in [6.45, 7) is -1.84. The van der Waals surface area contributed by atoms with Gasteiger partial charge < -0.3 is 5.11 Å². The highest BCUT2D eigenvalue weighted by molar-refractivity contribution is 7.89. The highest BCUT2D eigenvalue weighted by atomic mass is 32.2. The number of aryl methyl sites for hydroxylation is 1. The van der Waals surface area contributed by atoms with E-state index >= 15 is 0 Å². The normalized spacial score (nSPS) is 12.6. The molecule has 1 aromatic heterocycles. The molecule has 0 fully saturated rings. The minimum atomic E-state index is -4.03. The molecule has 1 rings (SSSR count). The van der Waals surface area contributed by atoms with Crippen LogP contribution in [0.5, 0.6) is 0 Å². The van der Waals surface area contributed by atoms with Gasteiger partial charge in [0.2, 0.25) is 10.0 Å². The van der Waals surface area contributed by atoms with Crippen molar-refractivity contribution in [1.82, 2.24) is 14.1 Å². The number of sulfonamides is 1. The number of hydrogen-bond acceptors (Lipinski definition) is 4. The standard InChI is InChI=1S/C8H13F2N3O3S/c1-12-5-7(4-11-12)17(15,16)13(2-3-14)6-8(9)10/h4-5,8,14H,2-3,6H2,1H3. The van der Waals surface area contributed by atoms with Crippen molar-refractivity contribution in [3.05, 3.63) is 12.4 Å². The Labute approximate surface area is 97.5 Å². The van der Waals surface area contributed by atoms with Crippen LogP contribution in [0.3, 0.4) is 0 Å². The van der Waals surface area contributed by atoms with Crippen LogP contribution in [0.2, 0.25) is 0 Å². The average Bonchev–Trinajstić information content (AvgIpc) is 2.64. The summed E-state index contributed by atoms with van der Waals surface area (Å²) in [5.41, 5.74) is 0. The van der Waals surface area contributed by atoms with Crippen LogP contribution in [0.25, 0.3) is 0 Å². The molecule has 9 heteroatoms. The van der Waals surface area contributed by atoms with Gasteiger partial charge in [-0.15, -0.1) is 0 Å². The fourth-order valence-corrected chi connectivity index (χ4v) is 2.65. The van der Waals surface area contributed by atoms with Gasteiger partial charge >= 0.3 is 0 Å². The van der Waals surface area contributed by atoms with Crippen LogP contribution >= 0.6 is 0 Å². The molecule has 98 valence electrons. The lowest BCUT2D eigenvalue weighted by atomic mass is 10.6. The van der Waals surface area contributed by atoms with E-state index in [-0.39, 0.29) is 11.4 Å². The molecule has 1 N–H and O–H groups in total. The van der Waals surface area contributed by atoms with Gasteiger partial charge in [-0.2, -0.15) is 9.40 Å². The summed E-state index contributed by atoms with van der Waals surface area (Å²) < 4.78 is 50.1.